The van der Waals surface area contributed by atoms with Crippen LogP contribution in [0.2, 0.25) is 15.1 Å². The molecule has 9 heteroatoms. The van der Waals surface area contributed by atoms with Crippen LogP contribution in [0, 0.1) is 0 Å². The molecule has 0 saturated heterocycles. The van der Waals surface area contributed by atoms with Crippen LogP contribution in [-0.4, -0.2) is 28.9 Å². The molecule has 1 N–H and O–H groups in total. The van der Waals surface area contributed by atoms with Crippen molar-refractivity contribution in [3.05, 3.63) is 68.8 Å². The normalized spacial score (nSPS) is 12.7. The summed E-state index contributed by atoms with van der Waals surface area (Å²) in [5.74, 6) is 1.05. The smallest absolute Gasteiger partial charge is 0.257 e. The molecule has 1 aliphatic rings. The first kappa shape index (κ1) is 18.9. The summed E-state index contributed by atoms with van der Waals surface area (Å²) in [6.07, 6.45) is 1.59. The molecule has 1 amide bonds. The van der Waals surface area contributed by atoms with E-state index in [1.807, 2.05) is 12.1 Å². The van der Waals surface area contributed by atoms with Crippen LogP contribution in [0.15, 0.2) is 42.6 Å². The van der Waals surface area contributed by atoms with Crippen LogP contribution in [-0.2, 0) is 6.54 Å². The first-order chi connectivity index (χ1) is 13.5. The van der Waals surface area contributed by atoms with E-state index < -0.39 is 0 Å². The zero-order valence-corrected chi connectivity index (χ0v) is 16.7. The molecule has 0 unspecified atom stereocenters. The van der Waals surface area contributed by atoms with Gasteiger partial charge in [0.1, 0.15) is 19.0 Å². The molecular weight excluding hydrogens is 425 g/mol. The van der Waals surface area contributed by atoms with Crippen molar-refractivity contribution in [3.63, 3.8) is 0 Å². The van der Waals surface area contributed by atoms with Crippen LogP contribution in [0.3, 0.4) is 0 Å². The lowest BCUT2D eigenvalue weighted by Gasteiger charge is -2.20. The number of hydrogen-bond donors (Lipinski definition) is 1. The number of halogens is 3. The number of aromatic nitrogens is 2. The van der Waals surface area contributed by atoms with Crippen LogP contribution >= 0.6 is 34.8 Å². The number of ether oxygens (including phenoxy) is 2. The molecule has 3 aromatic rings. The van der Waals surface area contributed by atoms with Gasteiger partial charge in [-0.2, -0.15) is 5.10 Å². The summed E-state index contributed by atoms with van der Waals surface area (Å²) in [6, 6.07) is 10.2. The van der Waals surface area contributed by atoms with Gasteiger partial charge in [-0.1, -0.05) is 46.9 Å². The van der Waals surface area contributed by atoms with Gasteiger partial charge in [-0.25, -0.2) is 4.68 Å². The van der Waals surface area contributed by atoms with E-state index in [2.05, 4.69) is 10.4 Å². The van der Waals surface area contributed by atoms with Gasteiger partial charge in [0.2, 0.25) is 0 Å². The largest absolute Gasteiger partial charge is 0.486 e. The van der Waals surface area contributed by atoms with Gasteiger partial charge in [0.05, 0.1) is 27.8 Å². The zero-order valence-electron chi connectivity index (χ0n) is 14.4. The summed E-state index contributed by atoms with van der Waals surface area (Å²) >= 11 is 18.5. The molecule has 0 atom stereocenters. The molecule has 28 heavy (non-hydrogen) atoms. The molecule has 0 bridgehead atoms. The fourth-order valence-electron chi connectivity index (χ4n) is 2.83. The second-order valence-corrected chi connectivity index (χ2v) is 7.22. The standard InChI is InChI=1S/C19H14Cl3N3O3/c20-13-3-1-2-11(17(13)22)10-25-16(4-5-23-25)24-19(26)12-8-14(21)18-15(9-12)27-6-7-28-18/h1-5,8-9H,6-7,10H2,(H,24,26). The Labute approximate surface area is 175 Å². The van der Waals surface area contributed by atoms with Gasteiger partial charge in [0.25, 0.3) is 5.91 Å². The number of carbonyl (C=O) groups excluding carboxylic acids is 1. The molecule has 0 fully saturated rings. The Kier molecular flexibility index (Phi) is 5.35. The molecule has 1 aliphatic heterocycles. The highest BCUT2D eigenvalue weighted by molar-refractivity contribution is 6.42. The van der Waals surface area contributed by atoms with E-state index in [1.165, 1.54) is 0 Å². The van der Waals surface area contributed by atoms with Gasteiger partial charge in [-0.3, -0.25) is 4.79 Å². The monoisotopic (exact) mass is 437 g/mol. The van der Waals surface area contributed by atoms with E-state index in [0.29, 0.717) is 57.7 Å². The molecule has 4 rings (SSSR count). The summed E-state index contributed by atoms with van der Waals surface area (Å²) in [5, 5.41) is 8.31. The lowest BCUT2D eigenvalue weighted by atomic mass is 10.1. The van der Waals surface area contributed by atoms with Crippen LogP contribution in [0.1, 0.15) is 15.9 Å². The van der Waals surface area contributed by atoms with Crippen LogP contribution in [0.4, 0.5) is 5.82 Å². The number of anilines is 1. The number of carbonyl (C=O) groups is 1. The third-order valence-electron chi connectivity index (χ3n) is 4.17. The van der Waals surface area contributed by atoms with Crippen LogP contribution < -0.4 is 14.8 Å². The third kappa shape index (κ3) is 3.76. The fraction of sp³-hybridized carbons (Fsp3) is 0.158. The van der Waals surface area contributed by atoms with E-state index in [-0.39, 0.29) is 5.91 Å². The summed E-state index contributed by atoms with van der Waals surface area (Å²) in [6.45, 7) is 1.18. The quantitative estimate of drug-likeness (QED) is 0.628. The number of amides is 1. The van der Waals surface area contributed by atoms with Crippen molar-refractivity contribution in [1.29, 1.82) is 0 Å². The molecule has 0 aliphatic carbocycles. The van der Waals surface area contributed by atoms with Crippen molar-refractivity contribution < 1.29 is 14.3 Å². The predicted molar refractivity (Wildman–Crippen MR) is 108 cm³/mol. The van der Waals surface area contributed by atoms with E-state index in [0.717, 1.165) is 5.56 Å². The Hall–Kier alpha value is -2.41. The molecule has 1 aromatic heterocycles. The maximum atomic E-state index is 12.7. The Morgan fingerprint density at radius 2 is 1.93 bits per heavy atom. The highest BCUT2D eigenvalue weighted by Gasteiger charge is 2.20. The van der Waals surface area contributed by atoms with Crippen molar-refractivity contribution in [2.75, 3.05) is 18.5 Å². The minimum atomic E-state index is -0.349. The minimum absolute atomic E-state index is 0.321. The van der Waals surface area contributed by atoms with E-state index >= 15 is 0 Å². The summed E-state index contributed by atoms with van der Waals surface area (Å²) < 4.78 is 12.6. The van der Waals surface area contributed by atoms with E-state index in [4.69, 9.17) is 44.3 Å². The topological polar surface area (TPSA) is 65.4 Å². The average Bonchev–Trinajstić information content (AvgIpc) is 3.12. The number of fused-ring (bicyclic) bond motifs is 1. The van der Waals surface area contributed by atoms with Crippen LogP contribution in [0.5, 0.6) is 11.5 Å². The first-order valence-electron chi connectivity index (χ1n) is 8.38. The highest BCUT2D eigenvalue weighted by atomic mass is 35.5. The van der Waals surface area contributed by atoms with E-state index in [9.17, 15) is 4.79 Å². The fourth-order valence-corrected chi connectivity index (χ4v) is 3.47. The molecular formula is C19H14Cl3N3O3. The number of rotatable bonds is 4. The molecule has 144 valence electrons. The first-order valence-corrected chi connectivity index (χ1v) is 9.51. The molecule has 0 radical (unpaired) electrons. The summed E-state index contributed by atoms with van der Waals surface area (Å²) in [7, 11) is 0. The lowest BCUT2D eigenvalue weighted by Crippen LogP contribution is -2.19. The minimum Gasteiger partial charge on any atom is -0.486 e. The second-order valence-electron chi connectivity index (χ2n) is 6.02. The number of hydrogen-bond acceptors (Lipinski definition) is 4. The van der Waals surface area contributed by atoms with E-state index in [1.54, 1.807) is 35.1 Å². The van der Waals surface area contributed by atoms with Gasteiger partial charge in [-0.05, 0) is 23.8 Å². The van der Waals surface area contributed by atoms with Crippen LogP contribution in [0.25, 0.3) is 0 Å². The van der Waals surface area contributed by atoms with Gasteiger partial charge in [0, 0.05) is 11.6 Å². The Bertz CT molecular complexity index is 1050. The molecule has 6 nitrogen and oxygen atoms in total. The third-order valence-corrected chi connectivity index (χ3v) is 5.31. The molecule has 0 saturated carbocycles. The number of benzene rings is 2. The average molecular weight is 439 g/mol. The van der Waals surface area contributed by atoms with Crippen molar-refractivity contribution in [1.82, 2.24) is 9.78 Å². The summed E-state index contributed by atoms with van der Waals surface area (Å²) in [4.78, 5) is 12.7. The van der Waals surface area contributed by atoms with Crippen molar-refractivity contribution in [2.24, 2.45) is 0 Å². The molecule has 0 spiro atoms. The highest BCUT2D eigenvalue weighted by Crippen LogP contribution is 2.38. The zero-order chi connectivity index (χ0) is 19.7. The van der Waals surface area contributed by atoms with Gasteiger partial charge < -0.3 is 14.8 Å². The SMILES string of the molecule is O=C(Nc1ccnn1Cc1cccc(Cl)c1Cl)c1cc(Cl)c2c(c1)OCCO2. The number of nitrogens with zero attached hydrogens (tertiary/aromatic N) is 2. The Morgan fingerprint density at radius 1 is 1.11 bits per heavy atom. The van der Waals surface area contributed by atoms with Gasteiger partial charge in [-0.15, -0.1) is 0 Å². The lowest BCUT2D eigenvalue weighted by molar-refractivity contribution is 0.102. The summed E-state index contributed by atoms with van der Waals surface area (Å²) in [5.41, 5.74) is 1.14. The molecule has 2 heterocycles. The molecule has 2 aromatic carbocycles. The van der Waals surface area contributed by atoms with Crippen molar-refractivity contribution in [3.8, 4) is 11.5 Å². The Balaban J connectivity index is 1.56. The number of nitrogens with one attached hydrogen (secondary N) is 1. The Morgan fingerprint density at radius 3 is 2.79 bits per heavy atom. The maximum absolute atomic E-state index is 12.7. The van der Waals surface area contributed by atoms with Gasteiger partial charge >= 0.3 is 0 Å². The second kappa shape index (κ2) is 7.91. The maximum Gasteiger partial charge on any atom is 0.257 e. The van der Waals surface area contributed by atoms with Crippen molar-refractivity contribution >= 4 is 46.5 Å². The van der Waals surface area contributed by atoms with Crippen molar-refractivity contribution in [2.45, 2.75) is 6.54 Å². The predicted octanol–water partition coefficient (Wildman–Crippen LogP) is 4.92. The van der Waals surface area contributed by atoms with Gasteiger partial charge in [0.15, 0.2) is 11.5 Å².